The van der Waals surface area contributed by atoms with E-state index in [1.165, 1.54) is 7.11 Å². The molecule has 0 heterocycles. The Morgan fingerprint density at radius 1 is 0.960 bits per heavy atom. The van der Waals surface area contributed by atoms with Gasteiger partial charge in [-0.05, 0) is 12.1 Å². The maximum atomic E-state index is 12.1. The molecule has 0 unspecified atom stereocenters. The Hall–Kier alpha value is -2.60. The van der Waals surface area contributed by atoms with Crippen LogP contribution in [0.4, 0.5) is 11.4 Å². The summed E-state index contributed by atoms with van der Waals surface area (Å²) in [5, 5.41) is 6.44. The number of anilines is 2. The highest BCUT2D eigenvalue weighted by atomic mass is 35.5. The summed E-state index contributed by atoms with van der Waals surface area (Å²) in [5.74, 6) is 1.60. The quantitative estimate of drug-likeness (QED) is 0.745. The molecule has 134 valence electrons. The summed E-state index contributed by atoms with van der Waals surface area (Å²) in [6, 6.07) is 10.7. The number of halogens is 1. The van der Waals surface area contributed by atoms with Crippen LogP contribution in [0.15, 0.2) is 36.4 Å². The summed E-state index contributed by atoms with van der Waals surface area (Å²) in [7, 11) is 4.66. The van der Waals surface area contributed by atoms with Gasteiger partial charge in [0.2, 0.25) is 5.91 Å². The number of hydrogen-bond acceptors (Lipinski definition) is 5. The average Bonchev–Trinajstić information content (AvgIpc) is 2.62. The lowest BCUT2D eigenvalue weighted by atomic mass is 10.2. The Kier molecular flexibility index (Phi) is 6.77. The fourth-order valence-electron chi connectivity index (χ4n) is 2.27. The first-order chi connectivity index (χ1) is 12.1. The van der Waals surface area contributed by atoms with Crippen molar-refractivity contribution in [3.05, 3.63) is 41.4 Å². The standard InChI is InChI=1S/C18H21ClN2O4/c1-23-15-7-5-4-6-13(15)21-18(22)8-9-20-14-11-16(24-2)12(19)10-17(14)25-3/h4-7,10-11,20H,8-9H2,1-3H3,(H,21,22). The molecule has 2 aromatic rings. The van der Waals surface area contributed by atoms with Crippen LogP contribution in [0.5, 0.6) is 17.2 Å². The molecule has 0 saturated heterocycles. The zero-order chi connectivity index (χ0) is 18.2. The average molecular weight is 365 g/mol. The smallest absolute Gasteiger partial charge is 0.226 e. The summed E-state index contributed by atoms with van der Waals surface area (Å²) < 4.78 is 15.7. The number of carbonyl (C=O) groups is 1. The van der Waals surface area contributed by atoms with Gasteiger partial charge in [-0.25, -0.2) is 0 Å². The topological polar surface area (TPSA) is 68.8 Å². The molecule has 0 saturated carbocycles. The second-order valence-corrected chi connectivity index (χ2v) is 5.52. The highest BCUT2D eigenvalue weighted by Gasteiger charge is 2.11. The molecule has 0 radical (unpaired) electrons. The summed E-state index contributed by atoms with van der Waals surface area (Å²) in [4.78, 5) is 12.1. The molecule has 0 aromatic heterocycles. The molecule has 0 aliphatic heterocycles. The second kappa shape index (κ2) is 9.03. The van der Waals surface area contributed by atoms with Crippen LogP contribution in [0.3, 0.4) is 0 Å². The van der Waals surface area contributed by atoms with Crippen LogP contribution in [0.1, 0.15) is 6.42 Å². The first kappa shape index (κ1) is 18.7. The van der Waals surface area contributed by atoms with Crippen molar-refractivity contribution in [3.63, 3.8) is 0 Å². The highest BCUT2D eigenvalue weighted by Crippen LogP contribution is 2.35. The molecular formula is C18H21ClN2O4. The number of methoxy groups -OCH3 is 3. The van der Waals surface area contributed by atoms with E-state index >= 15 is 0 Å². The molecule has 2 N–H and O–H groups in total. The lowest BCUT2D eigenvalue weighted by molar-refractivity contribution is -0.116. The fraction of sp³-hybridized carbons (Fsp3) is 0.278. The Labute approximate surface area is 152 Å². The van der Waals surface area contributed by atoms with Gasteiger partial charge in [-0.3, -0.25) is 4.79 Å². The van der Waals surface area contributed by atoms with Gasteiger partial charge in [0.05, 0.1) is 37.7 Å². The molecule has 0 aliphatic rings. The van der Waals surface area contributed by atoms with Crippen LogP contribution in [-0.4, -0.2) is 33.8 Å². The van der Waals surface area contributed by atoms with E-state index in [1.54, 1.807) is 38.5 Å². The Bertz CT molecular complexity index is 737. The molecule has 25 heavy (non-hydrogen) atoms. The van der Waals surface area contributed by atoms with Crippen molar-refractivity contribution in [1.82, 2.24) is 0 Å². The minimum absolute atomic E-state index is 0.128. The predicted octanol–water partition coefficient (Wildman–Crippen LogP) is 3.81. The van der Waals surface area contributed by atoms with Gasteiger partial charge in [0, 0.05) is 25.1 Å². The van der Waals surface area contributed by atoms with Gasteiger partial charge in [0.25, 0.3) is 0 Å². The number of ether oxygens (including phenoxy) is 3. The van der Waals surface area contributed by atoms with Crippen LogP contribution in [-0.2, 0) is 4.79 Å². The van der Waals surface area contributed by atoms with Crippen molar-refractivity contribution in [3.8, 4) is 17.2 Å². The van der Waals surface area contributed by atoms with Gasteiger partial charge >= 0.3 is 0 Å². The molecule has 0 aliphatic carbocycles. The molecule has 6 nitrogen and oxygen atoms in total. The number of nitrogens with one attached hydrogen (secondary N) is 2. The van der Waals surface area contributed by atoms with Crippen LogP contribution >= 0.6 is 11.6 Å². The largest absolute Gasteiger partial charge is 0.495 e. The van der Waals surface area contributed by atoms with Crippen LogP contribution in [0, 0.1) is 0 Å². The molecule has 7 heteroatoms. The van der Waals surface area contributed by atoms with E-state index in [2.05, 4.69) is 10.6 Å². The normalized spacial score (nSPS) is 10.1. The number of para-hydroxylation sites is 2. The van der Waals surface area contributed by atoms with Crippen molar-refractivity contribution in [2.24, 2.45) is 0 Å². The van der Waals surface area contributed by atoms with E-state index in [9.17, 15) is 4.79 Å². The number of hydrogen-bond donors (Lipinski definition) is 2. The summed E-state index contributed by atoms with van der Waals surface area (Å²) in [6.07, 6.45) is 0.270. The fourth-order valence-corrected chi connectivity index (χ4v) is 2.50. The molecule has 0 fully saturated rings. The maximum absolute atomic E-state index is 12.1. The Morgan fingerprint density at radius 3 is 2.32 bits per heavy atom. The van der Waals surface area contributed by atoms with E-state index < -0.39 is 0 Å². The number of benzene rings is 2. The van der Waals surface area contributed by atoms with E-state index in [1.807, 2.05) is 12.1 Å². The third kappa shape index (κ3) is 4.93. The van der Waals surface area contributed by atoms with E-state index in [4.69, 9.17) is 25.8 Å². The molecule has 2 aromatic carbocycles. The number of rotatable bonds is 8. The summed E-state index contributed by atoms with van der Waals surface area (Å²) in [5.41, 5.74) is 1.34. The molecule has 1 amide bonds. The lowest BCUT2D eigenvalue weighted by Crippen LogP contribution is -2.17. The third-order valence-electron chi connectivity index (χ3n) is 3.52. The van der Waals surface area contributed by atoms with Crippen molar-refractivity contribution in [2.75, 3.05) is 38.5 Å². The number of amides is 1. The van der Waals surface area contributed by atoms with Crippen molar-refractivity contribution in [2.45, 2.75) is 6.42 Å². The van der Waals surface area contributed by atoms with Crippen LogP contribution in [0.2, 0.25) is 5.02 Å². The second-order valence-electron chi connectivity index (χ2n) is 5.11. The Balaban J connectivity index is 1.95. The van der Waals surface area contributed by atoms with Crippen molar-refractivity contribution >= 4 is 28.9 Å². The molecule has 2 rings (SSSR count). The SMILES string of the molecule is COc1cc(NCCC(=O)Nc2ccccc2OC)c(OC)cc1Cl. The highest BCUT2D eigenvalue weighted by molar-refractivity contribution is 6.32. The molecule has 0 atom stereocenters. The van der Waals surface area contributed by atoms with Crippen LogP contribution in [0.25, 0.3) is 0 Å². The lowest BCUT2D eigenvalue weighted by Gasteiger charge is -2.14. The van der Waals surface area contributed by atoms with Crippen LogP contribution < -0.4 is 24.8 Å². The summed E-state index contributed by atoms with van der Waals surface area (Å²) >= 11 is 6.07. The monoisotopic (exact) mass is 364 g/mol. The Morgan fingerprint density at radius 2 is 1.64 bits per heavy atom. The van der Waals surface area contributed by atoms with Gasteiger partial charge in [-0.1, -0.05) is 23.7 Å². The van der Waals surface area contributed by atoms with Gasteiger partial charge < -0.3 is 24.8 Å². The van der Waals surface area contributed by atoms with Gasteiger partial charge in [-0.2, -0.15) is 0 Å². The van der Waals surface area contributed by atoms with Gasteiger partial charge in [0.1, 0.15) is 17.2 Å². The molecular weight excluding hydrogens is 344 g/mol. The minimum Gasteiger partial charge on any atom is -0.495 e. The first-order valence-corrected chi connectivity index (χ1v) is 8.05. The van der Waals surface area contributed by atoms with E-state index in [0.717, 1.165) is 0 Å². The van der Waals surface area contributed by atoms with E-state index in [-0.39, 0.29) is 12.3 Å². The maximum Gasteiger partial charge on any atom is 0.226 e. The summed E-state index contributed by atoms with van der Waals surface area (Å²) in [6.45, 7) is 0.419. The van der Waals surface area contributed by atoms with Gasteiger partial charge in [-0.15, -0.1) is 0 Å². The number of carbonyl (C=O) groups excluding carboxylic acids is 1. The van der Waals surface area contributed by atoms with Crippen molar-refractivity contribution in [1.29, 1.82) is 0 Å². The van der Waals surface area contributed by atoms with E-state index in [0.29, 0.717) is 40.2 Å². The molecule has 0 bridgehead atoms. The minimum atomic E-state index is -0.128. The zero-order valence-corrected chi connectivity index (χ0v) is 15.1. The first-order valence-electron chi connectivity index (χ1n) is 7.67. The molecule has 0 spiro atoms. The zero-order valence-electron chi connectivity index (χ0n) is 14.4. The predicted molar refractivity (Wildman–Crippen MR) is 99.3 cm³/mol. The third-order valence-corrected chi connectivity index (χ3v) is 3.82. The van der Waals surface area contributed by atoms with Gasteiger partial charge in [0.15, 0.2) is 0 Å². The van der Waals surface area contributed by atoms with Crippen molar-refractivity contribution < 1.29 is 19.0 Å².